The van der Waals surface area contributed by atoms with E-state index in [1.165, 1.54) is 27.9 Å². The maximum absolute atomic E-state index is 13.7. The van der Waals surface area contributed by atoms with Gasteiger partial charge < -0.3 is 4.90 Å². The van der Waals surface area contributed by atoms with Crippen molar-refractivity contribution >= 4 is 46.0 Å². The van der Waals surface area contributed by atoms with Gasteiger partial charge >= 0.3 is 0 Å². The van der Waals surface area contributed by atoms with E-state index in [0.717, 1.165) is 39.3 Å². The molecule has 1 fully saturated rings. The number of para-hydroxylation sites is 2. The number of rotatable bonds is 5. The zero-order chi connectivity index (χ0) is 22.8. The number of carbonyl (C=O) groups is 1. The fourth-order valence-corrected chi connectivity index (χ4v) is 6.42. The summed E-state index contributed by atoms with van der Waals surface area (Å²) < 4.78 is 0. The molecule has 5 rings (SSSR count). The molecule has 0 aliphatic carbocycles. The van der Waals surface area contributed by atoms with Gasteiger partial charge in [-0.25, -0.2) is 4.99 Å². The number of thioether (sulfide) groups is 2. The summed E-state index contributed by atoms with van der Waals surface area (Å²) in [6, 6.07) is 26.7. The molecule has 1 saturated heterocycles. The number of benzene rings is 3. The summed E-state index contributed by atoms with van der Waals surface area (Å²) >= 11 is 3.18. The van der Waals surface area contributed by atoms with Crippen molar-refractivity contribution < 1.29 is 4.79 Å². The van der Waals surface area contributed by atoms with Gasteiger partial charge in [0.05, 0.1) is 11.4 Å². The van der Waals surface area contributed by atoms with E-state index >= 15 is 0 Å². The van der Waals surface area contributed by atoms with Crippen LogP contribution in [0.1, 0.15) is 18.1 Å². The summed E-state index contributed by atoms with van der Waals surface area (Å²) in [5, 5.41) is 1.76. The van der Waals surface area contributed by atoms with Crippen molar-refractivity contribution in [3.05, 3.63) is 99.9 Å². The van der Waals surface area contributed by atoms with Gasteiger partial charge in [-0.3, -0.25) is 9.69 Å². The maximum Gasteiger partial charge on any atom is 0.269 e. The highest BCUT2D eigenvalue weighted by atomic mass is 32.2. The summed E-state index contributed by atoms with van der Waals surface area (Å²) in [5.74, 6) is 0.0389. The minimum absolute atomic E-state index is 0.0389. The van der Waals surface area contributed by atoms with Gasteiger partial charge in [0.2, 0.25) is 0 Å². The molecular weight excluding hydrogens is 446 g/mol. The van der Waals surface area contributed by atoms with Crippen LogP contribution >= 0.6 is 23.5 Å². The average molecular weight is 472 g/mol. The SMILES string of the molecule is CCN1/C(=C2/SC(=Nc3ccccc3C)N(CCc3ccccc3)C2=O)Sc2ccccc21. The topological polar surface area (TPSA) is 35.9 Å². The molecule has 0 saturated carbocycles. The Morgan fingerprint density at radius 3 is 2.36 bits per heavy atom. The third-order valence-corrected chi connectivity index (χ3v) is 8.16. The van der Waals surface area contributed by atoms with Gasteiger partial charge in [-0.2, -0.15) is 0 Å². The van der Waals surface area contributed by atoms with Crippen molar-refractivity contribution in [2.75, 3.05) is 18.0 Å². The number of anilines is 1. The number of aliphatic imine (C=N–C) groups is 1. The lowest BCUT2D eigenvalue weighted by atomic mass is 10.1. The fraction of sp³-hybridized carbons (Fsp3) is 0.185. The van der Waals surface area contributed by atoms with Gasteiger partial charge in [-0.15, -0.1) is 0 Å². The largest absolute Gasteiger partial charge is 0.334 e. The zero-order valence-corrected chi connectivity index (χ0v) is 20.3. The summed E-state index contributed by atoms with van der Waals surface area (Å²) in [5.41, 5.74) is 4.38. The second kappa shape index (κ2) is 9.49. The molecular formula is C27H25N3OS2. The first-order chi connectivity index (χ1) is 16.2. The van der Waals surface area contributed by atoms with Crippen LogP contribution < -0.4 is 4.90 Å². The Labute approximate surface area is 203 Å². The van der Waals surface area contributed by atoms with E-state index in [1.54, 1.807) is 11.8 Å². The molecule has 4 nitrogen and oxygen atoms in total. The average Bonchev–Trinajstić information content (AvgIpc) is 3.36. The van der Waals surface area contributed by atoms with Crippen molar-refractivity contribution in [1.29, 1.82) is 0 Å². The van der Waals surface area contributed by atoms with Crippen molar-refractivity contribution in [2.45, 2.75) is 25.2 Å². The van der Waals surface area contributed by atoms with Gasteiger partial charge in [0.1, 0.15) is 9.93 Å². The van der Waals surface area contributed by atoms with Crippen molar-refractivity contribution in [3.63, 3.8) is 0 Å². The van der Waals surface area contributed by atoms with Gasteiger partial charge in [0.25, 0.3) is 5.91 Å². The van der Waals surface area contributed by atoms with Crippen LogP contribution in [0.15, 0.2) is 98.7 Å². The molecule has 33 heavy (non-hydrogen) atoms. The van der Waals surface area contributed by atoms with Crippen LogP contribution in [0, 0.1) is 6.92 Å². The van der Waals surface area contributed by atoms with Crippen LogP contribution in [0.4, 0.5) is 11.4 Å². The number of hydrogen-bond acceptors (Lipinski definition) is 5. The third-order valence-electron chi connectivity index (χ3n) is 5.78. The molecule has 2 aliphatic heterocycles. The molecule has 6 heteroatoms. The Balaban J connectivity index is 1.53. The minimum atomic E-state index is 0.0389. The molecule has 166 valence electrons. The number of nitrogens with zero attached hydrogens (tertiary/aromatic N) is 3. The number of carbonyl (C=O) groups excluding carboxylic acids is 1. The highest BCUT2D eigenvalue weighted by Crippen LogP contribution is 2.50. The van der Waals surface area contributed by atoms with Crippen molar-refractivity contribution in [2.24, 2.45) is 4.99 Å². The molecule has 1 amide bonds. The Morgan fingerprint density at radius 1 is 0.848 bits per heavy atom. The summed E-state index contributed by atoms with van der Waals surface area (Å²) in [6.07, 6.45) is 0.785. The van der Waals surface area contributed by atoms with E-state index in [1.807, 2.05) is 47.4 Å². The summed E-state index contributed by atoms with van der Waals surface area (Å²) in [6.45, 7) is 5.59. The van der Waals surface area contributed by atoms with E-state index in [4.69, 9.17) is 4.99 Å². The van der Waals surface area contributed by atoms with Gasteiger partial charge in [-0.1, -0.05) is 72.4 Å². The van der Waals surface area contributed by atoms with Crippen LogP contribution in [0.2, 0.25) is 0 Å². The summed E-state index contributed by atoms with van der Waals surface area (Å²) in [4.78, 5) is 24.7. The Kier molecular flexibility index (Phi) is 6.29. The second-order valence-electron chi connectivity index (χ2n) is 7.92. The molecule has 2 heterocycles. The van der Waals surface area contributed by atoms with E-state index in [0.29, 0.717) is 6.54 Å². The van der Waals surface area contributed by atoms with Crippen LogP contribution in [0.25, 0.3) is 0 Å². The molecule has 2 aliphatic rings. The smallest absolute Gasteiger partial charge is 0.269 e. The number of amidine groups is 1. The quantitative estimate of drug-likeness (QED) is 0.393. The predicted molar refractivity (Wildman–Crippen MR) is 140 cm³/mol. The van der Waals surface area contributed by atoms with Gasteiger partial charge in [0, 0.05) is 18.0 Å². The zero-order valence-electron chi connectivity index (χ0n) is 18.7. The van der Waals surface area contributed by atoms with Crippen LogP contribution in [0.5, 0.6) is 0 Å². The first-order valence-corrected chi connectivity index (χ1v) is 12.8. The molecule has 0 aromatic heterocycles. The second-order valence-corrected chi connectivity index (χ2v) is 9.93. The molecule has 0 unspecified atom stereocenters. The Hall–Kier alpha value is -2.96. The van der Waals surface area contributed by atoms with Gasteiger partial charge in [0.15, 0.2) is 5.17 Å². The van der Waals surface area contributed by atoms with Crippen LogP contribution in [-0.2, 0) is 11.2 Å². The van der Waals surface area contributed by atoms with E-state index in [9.17, 15) is 4.79 Å². The molecule has 0 spiro atoms. The van der Waals surface area contributed by atoms with E-state index < -0.39 is 0 Å². The molecule has 3 aromatic carbocycles. The molecule has 0 atom stereocenters. The minimum Gasteiger partial charge on any atom is -0.334 e. The number of aryl methyl sites for hydroxylation is 1. The van der Waals surface area contributed by atoms with Gasteiger partial charge in [-0.05, 0) is 61.4 Å². The predicted octanol–water partition coefficient (Wildman–Crippen LogP) is 6.60. The molecule has 0 radical (unpaired) electrons. The lowest BCUT2D eigenvalue weighted by molar-refractivity contribution is -0.122. The molecule has 0 bridgehead atoms. The number of fused-ring (bicyclic) bond motifs is 1. The monoisotopic (exact) mass is 471 g/mol. The highest BCUT2D eigenvalue weighted by Gasteiger charge is 2.39. The lowest BCUT2D eigenvalue weighted by Gasteiger charge is -2.19. The van der Waals surface area contributed by atoms with Crippen LogP contribution in [0.3, 0.4) is 0 Å². The normalized spacial score (nSPS) is 19.0. The summed E-state index contributed by atoms with van der Waals surface area (Å²) in [7, 11) is 0. The van der Waals surface area contributed by atoms with E-state index in [-0.39, 0.29) is 5.91 Å². The lowest BCUT2D eigenvalue weighted by Crippen LogP contribution is -2.32. The Bertz CT molecular complexity index is 1250. The highest BCUT2D eigenvalue weighted by molar-refractivity contribution is 8.19. The molecule has 0 N–H and O–H groups in total. The maximum atomic E-state index is 13.7. The third kappa shape index (κ3) is 4.33. The van der Waals surface area contributed by atoms with Crippen molar-refractivity contribution in [1.82, 2.24) is 4.90 Å². The standard InChI is InChI=1S/C27H25N3OS2/c1-3-29-22-15-9-10-16-23(22)32-26(29)24-25(31)30(18-17-20-12-5-4-6-13-20)27(33-24)28-21-14-8-7-11-19(21)2/h4-16H,3,17-18H2,1-2H3/b26-24-,28-27?. The number of amides is 1. The van der Waals surface area contributed by atoms with E-state index in [2.05, 4.69) is 55.1 Å². The number of hydrogen-bond donors (Lipinski definition) is 0. The first kappa shape index (κ1) is 21.9. The molecule has 3 aromatic rings. The van der Waals surface area contributed by atoms with Crippen LogP contribution in [-0.4, -0.2) is 29.1 Å². The first-order valence-electron chi connectivity index (χ1n) is 11.1. The van der Waals surface area contributed by atoms with Crippen molar-refractivity contribution in [3.8, 4) is 0 Å². The Morgan fingerprint density at radius 2 is 1.58 bits per heavy atom. The fourth-order valence-electron chi connectivity index (χ4n) is 4.01.